The first-order valence-electron chi connectivity index (χ1n) is 11.0. The van der Waals surface area contributed by atoms with Gasteiger partial charge in [0.2, 0.25) is 5.91 Å². The molecule has 10 heteroatoms. The number of alkyl carbamates (subject to hydrolysis) is 1. The lowest BCUT2D eigenvalue weighted by molar-refractivity contribution is -0.127. The van der Waals surface area contributed by atoms with Crippen molar-refractivity contribution in [3.63, 3.8) is 0 Å². The van der Waals surface area contributed by atoms with Crippen LogP contribution in [0.15, 0.2) is 48.7 Å². The van der Waals surface area contributed by atoms with Crippen molar-refractivity contribution in [1.82, 2.24) is 25.2 Å². The number of carbonyl (C=O) groups is 2. The zero-order valence-corrected chi connectivity index (χ0v) is 20.2. The van der Waals surface area contributed by atoms with E-state index in [1.165, 1.54) is 0 Å². The fourth-order valence-electron chi connectivity index (χ4n) is 3.17. The number of pyridine rings is 1. The summed E-state index contributed by atoms with van der Waals surface area (Å²) in [5, 5.41) is 14.0. The summed E-state index contributed by atoms with van der Waals surface area (Å²) in [4.78, 5) is 25.4. The number of ether oxygens (including phenoxy) is 2. The Bertz CT molecular complexity index is 1140. The molecule has 2 aromatic heterocycles. The molecule has 2 heterocycles. The van der Waals surface area contributed by atoms with Gasteiger partial charge in [0, 0.05) is 6.20 Å². The highest BCUT2D eigenvalue weighted by atomic mass is 16.6. The summed E-state index contributed by atoms with van der Waals surface area (Å²) in [6, 6.07) is 12.5. The van der Waals surface area contributed by atoms with E-state index in [9.17, 15) is 9.59 Å². The highest BCUT2D eigenvalue weighted by Gasteiger charge is 2.34. The minimum absolute atomic E-state index is 0.124. The molecule has 0 bridgehead atoms. The van der Waals surface area contributed by atoms with Gasteiger partial charge in [0.25, 0.3) is 0 Å². The molecule has 3 aromatic rings. The highest BCUT2D eigenvalue weighted by molar-refractivity contribution is 6.32. The van der Waals surface area contributed by atoms with Gasteiger partial charge >= 0.3 is 6.09 Å². The van der Waals surface area contributed by atoms with Crippen LogP contribution in [0.4, 0.5) is 4.79 Å². The van der Waals surface area contributed by atoms with Crippen molar-refractivity contribution >= 4 is 31.0 Å². The third-order valence-corrected chi connectivity index (χ3v) is 4.85. The second kappa shape index (κ2) is 10.3. The number of carbonyl (C=O) groups excluding carboxylic acids is 2. The number of aromatic nitrogens is 3. The maximum atomic E-state index is 13.2. The molecule has 0 saturated carbocycles. The number of hydrogen-bond acceptors (Lipinski definition) is 6. The number of rotatable bonds is 8. The SMILES string of the molecule is [B]c1ccc2nnc([C@@H](COCc3ccccc3)NC(=O)C(C)(C)NC(=O)OC(C)(C)C)n2c1. The van der Waals surface area contributed by atoms with Crippen molar-refractivity contribution in [1.29, 1.82) is 0 Å². The molecule has 0 aliphatic heterocycles. The smallest absolute Gasteiger partial charge is 0.408 e. The van der Waals surface area contributed by atoms with Gasteiger partial charge in [-0.05, 0) is 46.2 Å². The van der Waals surface area contributed by atoms with E-state index >= 15 is 0 Å². The van der Waals surface area contributed by atoms with E-state index in [4.69, 9.17) is 17.3 Å². The van der Waals surface area contributed by atoms with Crippen LogP contribution >= 0.6 is 0 Å². The molecular formula is C24H30BN5O4. The maximum Gasteiger partial charge on any atom is 0.408 e. The average Bonchev–Trinajstić information content (AvgIpc) is 3.14. The number of hydrogen-bond donors (Lipinski definition) is 2. The Morgan fingerprint density at radius 2 is 1.76 bits per heavy atom. The van der Waals surface area contributed by atoms with Crippen LogP contribution in [0.25, 0.3) is 5.65 Å². The van der Waals surface area contributed by atoms with Crippen molar-refractivity contribution in [2.24, 2.45) is 0 Å². The fraction of sp³-hybridized carbons (Fsp3) is 0.417. The van der Waals surface area contributed by atoms with Crippen LogP contribution in [0.1, 0.15) is 52.0 Å². The topological polar surface area (TPSA) is 107 Å². The molecule has 1 atom stereocenters. The van der Waals surface area contributed by atoms with Gasteiger partial charge in [-0.3, -0.25) is 9.20 Å². The molecule has 0 aliphatic carbocycles. The van der Waals surface area contributed by atoms with Gasteiger partial charge in [-0.15, -0.1) is 10.2 Å². The molecule has 2 amide bonds. The molecule has 0 unspecified atom stereocenters. The molecule has 1 aromatic carbocycles. The third kappa shape index (κ3) is 6.80. The summed E-state index contributed by atoms with van der Waals surface area (Å²) < 4.78 is 12.9. The summed E-state index contributed by atoms with van der Waals surface area (Å²) in [6.07, 6.45) is 0.996. The van der Waals surface area contributed by atoms with E-state index in [1.807, 2.05) is 30.3 Å². The van der Waals surface area contributed by atoms with Gasteiger partial charge in [0.05, 0.1) is 13.2 Å². The first-order valence-corrected chi connectivity index (χ1v) is 11.0. The second-order valence-corrected chi connectivity index (χ2v) is 9.53. The van der Waals surface area contributed by atoms with E-state index in [0.717, 1.165) is 5.56 Å². The van der Waals surface area contributed by atoms with Crippen molar-refractivity contribution in [3.8, 4) is 0 Å². The first kappa shape index (κ1) is 25.2. The Morgan fingerprint density at radius 1 is 1.06 bits per heavy atom. The van der Waals surface area contributed by atoms with Crippen LogP contribution < -0.4 is 16.1 Å². The van der Waals surface area contributed by atoms with E-state index in [2.05, 4.69) is 20.8 Å². The van der Waals surface area contributed by atoms with Crippen molar-refractivity contribution in [2.45, 2.75) is 58.4 Å². The van der Waals surface area contributed by atoms with Gasteiger partial charge in [-0.1, -0.05) is 41.9 Å². The number of amides is 2. The van der Waals surface area contributed by atoms with Crippen LogP contribution in [-0.4, -0.2) is 52.2 Å². The van der Waals surface area contributed by atoms with Crippen LogP contribution in [0.2, 0.25) is 0 Å². The Labute approximate surface area is 200 Å². The third-order valence-electron chi connectivity index (χ3n) is 4.85. The molecule has 0 saturated heterocycles. The van der Waals surface area contributed by atoms with Crippen LogP contribution in [-0.2, 0) is 20.9 Å². The Hall–Kier alpha value is -3.40. The summed E-state index contributed by atoms with van der Waals surface area (Å²) in [5.41, 5.74) is 0.146. The summed E-state index contributed by atoms with van der Waals surface area (Å²) in [6.45, 7) is 8.91. The number of nitrogens with zero attached hydrogens (tertiary/aromatic N) is 3. The Morgan fingerprint density at radius 3 is 2.44 bits per heavy atom. The maximum absolute atomic E-state index is 13.2. The predicted octanol–water partition coefficient (Wildman–Crippen LogP) is 2.20. The summed E-state index contributed by atoms with van der Waals surface area (Å²) >= 11 is 0. The van der Waals surface area contributed by atoms with Crippen LogP contribution in [0.5, 0.6) is 0 Å². The van der Waals surface area contributed by atoms with Crippen molar-refractivity contribution in [3.05, 3.63) is 60.0 Å². The highest BCUT2D eigenvalue weighted by Crippen LogP contribution is 2.16. The molecule has 2 radical (unpaired) electrons. The molecule has 0 fully saturated rings. The number of fused-ring (bicyclic) bond motifs is 1. The first-order chi connectivity index (χ1) is 15.9. The Balaban J connectivity index is 1.79. The standard InChI is InChI=1S/C24H30BN5O4/c1-23(2,3)34-22(32)27-24(4,5)21(31)26-18(15-33-14-16-9-7-6-8-10-16)20-29-28-19-12-11-17(25)13-30(19)20/h6-13,18H,14-15H2,1-5H3,(H,26,31)(H,27,32)/t18-/m1/s1. The number of benzene rings is 1. The molecule has 0 spiro atoms. The zero-order valence-electron chi connectivity index (χ0n) is 20.2. The minimum Gasteiger partial charge on any atom is -0.444 e. The lowest BCUT2D eigenvalue weighted by Gasteiger charge is -2.29. The zero-order chi connectivity index (χ0) is 24.9. The van der Waals surface area contributed by atoms with E-state index in [1.54, 1.807) is 57.3 Å². The van der Waals surface area contributed by atoms with Gasteiger partial charge in [-0.2, -0.15) is 0 Å². The largest absolute Gasteiger partial charge is 0.444 e. The van der Waals surface area contributed by atoms with E-state index in [0.29, 0.717) is 23.5 Å². The van der Waals surface area contributed by atoms with E-state index in [-0.39, 0.29) is 6.61 Å². The van der Waals surface area contributed by atoms with Crippen LogP contribution in [0.3, 0.4) is 0 Å². The monoisotopic (exact) mass is 463 g/mol. The molecule has 0 aliphatic rings. The van der Waals surface area contributed by atoms with Gasteiger partial charge in [0.1, 0.15) is 25.0 Å². The molecule has 2 N–H and O–H groups in total. The molecule has 3 rings (SSSR count). The van der Waals surface area contributed by atoms with Gasteiger partial charge in [0.15, 0.2) is 11.5 Å². The second-order valence-electron chi connectivity index (χ2n) is 9.53. The lowest BCUT2D eigenvalue weighted by Crippen LogP contribution is -2.56. The molecule has 178 valence electrons. The fourth-order valence-corrected chi connectivity index (χ4v) is 3.17. The molecular weight excluding hydrogens is 433 g/mol. The minimum atomic E-state index is -1.26. The number of nitrogens with one attached hydrogen (secondary N) is 2. The summed E-state index contributed by atoms with van der Waals surface area (Å²) in [7, 11) is 5.95. The van der Waals surface area contributed by atoms with Crippen LogP contribution in [0, 0.1) is 0 Å². The van der Waals surface area contributed by atoms with Crippen molar-refractivity contribution < 1.29 is 19.1 Å². The summed E-state index contributed by atoms with van der Waals surface area (Å²) in [5.74, 6) is 0.0177. The van der Waals surface area contributed by atoms with Gasteiger partial charge < -0.3 is 20.1 Å². The normalized spacial score (nSPS) is 12.9. The van der Waals surface area contributed by atoms with Crippen molar-refractivity contribution in [2.75, 3.05) is 6.61 Å². The predicted molar refractivity (Wildman–Crippen MR) is 129 cm³/mol. The van der Waals surface area contributed by atoms with Gasteiger partial charge in [-0.25, -0.2) is 4.79 Å². The Kier molecular flexibility index (Phi) is 7.61. The molecule has 34 heavy (non-hydrogen) atoms. The average molecular weight is 463 g/mol. The lowest BCUT2D eigenvalue weighted by atomic mass is 9.99. The molecule has 9 nitrogen and oxygen atoms in total. The van der Waals surface area contributed by atoms with E-state index < -0.39 is 29.2 Å². The quantitative estimate of drug-likeness (QED) is 0.496.